The number of H-pyrrole nitrogens is 1. The zero-order valence-corrected chi connectivity index (χ0v) is 13.2. The van der Waals surface area contributed by atoms with Gasteiger partial charge >= 0.3 is 0 Å². The number of hydrogen-bond donors (Lipinski definition) is 1. The quantitative estimate of drug-likeness (QED) is 0.705. The standard InChI is InChI=1S/C20H18N2O2/c23-15-18-11-19(21-12-18)20(24)22(13-16-7-3-1-4-8-16)14-17-9-5-2-6-10-17/h1-12,15,21H,13-14H2. The second-order valence-corrected chi connectivity index (χ2v) is 5.60. The number of rotatable bonds is 6. The van der Waals surface area contributed by atoms with Crippen molar-refractivity contribution in [3.63, 3.8) is 0 Å². The van der Waals surface area contributed by atoms with Gasteiger partial charge < -0.3 is 9.88 Å². The Hall–Kier alpha value is -3.14. The van der Waals surface area contributed by atoms with Crippen LogP contribution in [-0.2, 0) is 13.1 Å². The van der Waals surface area contributed by atoms with Gasteiger partial charge in [0.2, 0.25) is 0 Å². The van der Waals surface area contributed by atoms with E-state index in [9.17, 15) is 9.59 Å². The number of benzene rings is 2. The van der Waals surface area contributed by atoms with Crippen LogP contribution in [0.4, 0.5) is 0 Å². The van der Waals surface area contributed by atoms with Crippen molar-refractivity contribution in [2.75, 3.05) is 0 Å². The molecule has 0 spiro atoms. The van der Waals surface area contributed by atoms with Crippen molar-refractivity contribution in [1.29, 1.82) is 0 Å². The molecule has 0 aliphatic rings. The van der Waals surface area contributed by atoms with Crippen molar-refractivity contribution in [2.45, 2.75) is 13.1 Å². The molecule has 0 bridgehead atoms. The van der Waals surface area contributed by atoms with Gasteiger partial charge in [-0.25, -0.2) is 0 Å². The van der Waals surface area contributed by atoms with E-state index < -0.39 is 0 Å². The summed E-state index contributed by atoms with van der Waals surface area (Å²) in [6.45, 7) is 1.01. The molecular formula is C20H18N2O2. The molecule has 3 aromatic rings. The Balaban J connectivity index is 1.85. The zero-order valence-electron chi connectivity index (χ0n) is 13.2. The van der Waals surface area contributed by atoms with E-state index >= 15 is 0 Å². The lowest BCUT2D eigenvalue weighted by Crippen LogP contribution is -2.30. The van der Waals surface area contributed by atoms with Crippen molar-refractivity contribution in [3.8, 4) is 0 Å². The van der Waals surface area contributed by atoms with E-state index in [0.717, 1.165) is 17.4 Å². The highest BCUT2D eigenvalue weighted by Crippen LogP contribution is 2.14. The summed E-state index contributed by atoms with van der Waals surface area (Å²) in [6.07, 6.45) is 2.27. The third kappa shape index (κ3) is 3.79. The third-order valence-electron chi connectivity index (χ3n) is 3.79. The largest absolute Gasteiger partial charge is 0.356 e. The average molecular weight is 318 g/mol. The first-order valence-electron chi connectivity index (χ1n) is 7.77. The molecule has 0 unspecified atom stereocenters. The number of carbonyl (C=O) groups excluding carboxylic acids is 2. The molecule has 0 aliphatic heterocycles. The Morgan fingerprint density at radius 3 is 1.92 bits per heavy atom. The monoisotopic (exact) mass is 318 g/mol. The summed E-state index contributed by atoms with van der Waals surface area (Å²) in [5.74, 6) is -0.129. The van der Waals surface area contributed by atoms with Crippen LogP contribution < -0.4 is 0 Å². The van der Waals surface area contributed by atoms with Crippen molar-refractivity contribution >= 4 is 12.2 Å². The maximum absolute atomic E-state index is 12.9. The second kappa shape index (κ2) is 7.42. The molecule has 1 N–H and O–H groups in total. The summed E-state index contributed by atoms with van der Waals surface area (Å²) in [5, 5.41) is 0. The molecule has 0 radical (unpaired) electrons. The van der Waals surface area contributed by atoms with Gasteiger partial charge in [0.15, 0.2) is 6.29 Å². The molecule has 24 heavy (non-hydrogen) atoms. The SMILES string of the molecule is O=Cc1c[nH]c(C(=O)N(Cc2ccccc2)Cc2ccccc2)c1. The summed E-state index contributed by atoms with van der Waals surface area (Å²) in [5.41, 5.74) is 3.01. The fourth-order valence-electron chi connectivity index (χ4n) is 2.58. The number of amides is 1. The number of nitrogens with one attached hydrogen (secondary N) is 1. The van der Waals surface area contributed by atoms with Crippen LogP contribution in [0.25, 0.3) is 0 Å². The summed E-state index contributed by atoms with van der Waals surface area (Å²) in [7, 11) is 0. The van der Waals surface area contributed by atoms with Gasteiger partial charge in [0.05, 0.1) is 0 Å². The average Bonchev–Trinajstić information content (AvgIpc) is 3.11. The minimum atomic E-state index is -0.129. The van der Waals surface area contributed by atoms with Crippen LogP contribution in [0.15, 0.2) is 72.9 Å². The Morgan fingerprint density at radius 1 is 0.917 bits per heavy atom. The highest BCUT2D eigenvalue weighted by atomic mass is 16.2. The fraction of sp³-hybridized carbons (Fsp3) is 0.100. The smallest absolute Gasteiger partial charge is 0.270 e. The summed E-state index contributed by atoms with van der Waals surface area (Å²) in [4.78, 5) is 28.4. The molecule has 0 saturated heterocycles. The summed E-state index contributed by atoms with van der Waals surface area (Å²) < 4.78 is 0. The molecule has 2 aromatic carbocycles. The first kappa shape index (κ1) is 15.7. The van der Waals surface area contributed by atoms with Gasteiger partial charge in [0, 0.05) is 24.8 Å². The highest BCUT2D eigenvalue weighted by molar-refractivity contribution is 5.94. The van der Waals surface area contributed by atoms with E-state index in [2.05, 4.69) is 4.98 Å². The summed E-state index contributed by atoms with van der Waals surface area (Å²) >= 11 is 0. The fourth-order valence-corrected chi connectivity index (χ4v) is 2.58. The molecule has 0 fully saturated rings. The normalized spacial score (nSPS) is 10.3. The lowest BCUT2D eigenvalue weighted by atomic mass is 10.1. The lowest BCUT2D eigenvalue weighted by molar-refractivity contribution is 0.0724. The maximum atomic E-state index is 12.9. The molecule has 0 atom stereocenters. The molecular weight excluding hydrogens is 300 g/mol. The van der Waals surface area contributed by atoms with E-state index in [1.54, 1.807) is 17.2 Å². The van der Waals surface area contributed by atoms with E-state index in [0.29, 0.717) is 24.3 Å². The first-order valence-corrected chi connectivity index (χ1v) is 7.77. The molecule has 1 heterocycles. The number of aromatic amines is 1. The predicted molar refractivity (Wildman–Crippen MR) is 92.6 cm³/mol. The molecule has 0 aliphatic carbocycles. The van der Waals surface area contributed by atoms with Gasteiger partial charge in [-0.15, -0.1) is 0 Å². The molecule has 0 saturated carbocycles. The topological polar surface area (TPSA) is 53.2 Å². The number of carbonyl (C=O) groups is 2. The summed E-state index contributed by atoms with van der Waals surface area (Å²) in [6, 6.07) is 21.3. The van der Waals surface area contributed by atoms with Crippen molar-refractivity contribution in [2.24, 2.45) is 0 Å². The second-order valence-electron chi connectivity index (χ2n) is 5.60. The Kier molecular flexibility index (Phi) is 4.87. The number of hydrogen-bond acceptors (Lipinski definition) is 2. The minimum Gasteiger partial charge on any atom is -0.356 e. The first-order chi connectivity index (χ1) is 11.8. The van der Waals surface area contributed by atoms with Gasteiger partial charge in [0.25, 0.3) is 5.91 Å². The van der Waals surface area contributed by atoms with E-state index in [1.165, 1.54) is 0 Å². The van der Waals surface area contributed by atoms with Gasteiger partial charge in [-0.2, -0.15) is 0 Å². The predicted octanol–water partition coefficient (Wildman–Crippen LogP) is 3.67. The van der Waals surface area contributed by atoms with E-state index in [-0.39, 0.29) is 5.91 Å². The van der Waals surface area contributed by atoms with Gasteiger partial charge in [-0.05, 0) is 17.2 Å². The molecule has 3 rings (SSSR count). The van der Waals surface area contributed by atoms with Crippen molar-refractivity contribution in [3.05, 3.63) is 95.3 Å². The van der Waals surface area contributed by atoms with Crippen molar-refractivity contribution < 1.29 is 9.59 Å². The number of nitrogens with zero attached hydrogens (tertiary/aromatic N) is 1. The van der Waals surface area contributed by atoms with E-state index in [4.69, 9.17) is 0 Å². The van der Waals surface area contributed by atoms with Gasteiger partial charge in [-0.1, -0.05) is 60.7 Å². The van der Waals surface area contributed by atoms with Crippen molar-refractivity contribution in [1.82, 2.24) is 9.88 Å². The maximum Gasteiger partial charge on any atom is 0.270 e. The van der Waals surface area contributed by atoms with Crippen LogP contribution in [0.1, 0.15) is 32.0 Å². The van der Waals surface area contributed by atoms with Crippen LogP contribution in [0, 0.1) is 0 Å². The van der Waals surface area contributed by atoms with E-state index in [1.807, 2.05) is 60.7 Å². The lowest BCUT2D eigenvalue weighted by Gasteiger charge is -2.22. The van der Waals surface area contributed by atoms with Gasteiger partial charge in [-0.3, -0.25) is 9.59 Å². The molecule has 4 nitrogen and oxygen atoms in total. The zero-order chi connectivity index (χ0) is 16.8. The third-order valence-corrected chi connectivity index (χ3v) is 3.79. The number of aromatic nitrogens is 1. The molecule has 1 aromatic heterocycles. The molecule has 4 heteroatoms. The molecule has 120 valence electrons. The Bertz CT molecular complexity index is 768. The molecule has 1 amide bonds. The number of aldehydes is 1. The van der Waals surface area contributed by atoms with Crippen LogP contribution >= 0.6 is 0 Å². The van der Waals surface area contributed by atoms with Crippen LogP contribution in [0.5, 0.6) is 0 Å². The van der Waals surface area contributed by atoms with Crippen LogP contribution in [0.2, 0.25) is 0 Å². The Labute approximate surface area is 140 Å². The highest BCUT2D eigenvalue weighted by Gasteiger charge is 2.18. The minimum absolute atomic E-state index is 0.129. The van der Waals surface area contributed by atoms with Gasteiger partial charge in [0.1, 0.15) is 5.69 Å². The Morgan fingerprint density at radius 2 is 1.46 bits per heavy atom. The van der Waals surface area contributed by atoms with Crippen LogP contribution in [-0.4, -0.2) is 22.1 Å². The van der Waals surface area contributed by atoms with Crippen LogP contribution in [0.3, 0.4) is 0 Å².